The van der Waals surface area contributed by atoms with Crippen molar-refractivity contribution in [2.45, 2.75) is 32.1 Å². The number of amides is 2. The van der Waals surface area contributed by atoms with Crippen LogP contribution in [0.2, 0.25) is 0 Å². The fraction of sp³-hybridized carbons (Fsp3) is 0.619. The summed E-state index contributed by atoms with van der Waals surface area (Å²) < 4.78 is 10.8. The molecule has 3 atom stereocenters. The lowest BCUT2D eigenvalue weighted by Crippen LogP contribution is -2.42. The molecule has 0 aromatic heterocycles. The van der Waals surface area contributed by atoms with Crippen molar-refractivity contribution in [2.24, 2.45) is 17.8 Å². The molecule has 0 unspecified atom stereocenters. The quantitative estimate of drug-likeness (QED) is 0.834. The van der Waals surface area contributed by atoms with E-state index in [4.69, 9.17) is 9.47 Å². The van der Waals surface area contributed by atoms with Crippen LogP contribution in [0.1, 0.15) is 32.1 Å². The Morgan fingerprint density at radius 1 is 1.11 bits per heavy atom. The predicted molar refractivity (Wildman–Crippen MR) is 102 cm³/mol. The Balaban J connectivity index is 1.21. The number of benzene rings is 1. The summed E-state index contributed by atoms with van der Waals surface area (Å²) in [5.74, 6) is 2.90. The second-order valence-corrected chi connectivity index (χ2v) is 7.99. The summed E-state index contributed by atoms with van der Waals surface area (Å²) in [7, 11) is 0. The summed E-state index contributed by atoms with van der Waals surface area (Å²) >= 11 is 0. The van der Waals surface area contributed by atoms with E-state index in [9.17, 15) is 9.59 Å². The van der Waals surface area contributed by atoms with Crippen LogP contribution in [0, 0.1) is 17.8 Å². The van der Waals surface area contributed by atoms with Gasteiger partial charge in [-0.2, -0.15) is 0 Å². The Hall–Kier alpha value is -2.08. The van der Waals surface area contributed by atoms with E-state index in [1.54, 1.807) is 17.0 Å². The summed E-state index contributed by atoms with van der Waals surface area (Å²) in [5.41, 5.74) is 0.773. The number of ether oxygens (including phenoxy) is 2. The lowest BCUT2D eigenvalue weighted by atomic mass is 9.86. The molecule has 2 aliphatic carbocycles. The third-order valence-corrected chi connectivity index (χ3v) is 6.20. The molecule has 1 saturated heterocycles. The first-order chi connectivity index (χ1) is 13.2. The maximum absolute atomic E-state index is 12.3. The fourth-order valence-electron chi connectivity index (χ4n) is 4.76. The fourth-order valence-corrected chi connectivity index (χ4v) is 4.76. The topological polar surface area (TPSA) is 67.9 Å². The van der Waals surface area contributed by atoms with Crippen molar-refractivity contribution < 1.29 is 19.1 Å². The van der Waals surface area contributed by atoms with Gasteiger partial charge in [0.1, 0.15) is 5.75 Å². The standard InChI is InChI=1S/C21H28N2O4/c24-20(13-17-12-15-1-2-16(17)11-15)22-18-3-5-19(6-4-18)27-14-21(25)23-7-9-26-10-8-23/h3-6,15-17H,1-2,7-14H2,(H,22,24)/t15-,16-,17-/m1/s1. The highest BCUT2D eigenvalue weighted by Crippen LogP contribution is 2.49. The first-order valence-electron chi connectivity index (χ1n) is 10.1. The molecule has 0 radical (unpaired) electrons. The number of nitrogens with zero attached hydrogens (tertiary/aromatic N) is 1. The zero-order valence-corrected chi connectivity index (χ0v) is 15.7. The molecule has 1 N–H and O–H groups in total. The number of anilines is 1. The van der Waals surface area contributed by atoms with Crippen molar-refractivity contribution in [1.29, 1.82) is 0 Å². The van der Waals surface area contributed by atoms with Gasteiger partial charge in [0.05, 0.1) is 13.2 Å². The van der Waals surface area contributed by atoms with Gasteiger partial charge in [0.15, 0.2) is 6.61 Å². The molecule has 3 aliphatic rings. The largest absolute Gasteiger partial charge is 0.484 e. The zero-order chi connectivity index (χ0) is 18.6. The molecule has 146 valence electrons. The van der Waals surface area contributed by atoms with E-state index >= 15 is 0 Å². The minimum absolute atomic E-state index is 0.0238. The van der Waals surface area contributed by atoms with E-state index in [2.05, 4.69) is 5.32 Å². The highest BCUT2D eigenvalue weighted by Gasteiger charge is 2.40. The Labute approximate surface area is 160 Å². The molecule has 4 rings (SSSR count). The highest BCUT2D eigenvalue weighted by atomic mass is 16.5. The molecule has 27 heavy (non-hydrogen) atoms. The summed E-state index contributed by atoms with van der Waals surface area (Å²) in [6.07, 6.45) is 5.85. The van der Waals surface area contributed by atoms with Gasteiger partial charge in [0.2, 0.25) is 5.91 Å². The Kier molecular flexibility index (Phi) is 5.62. The third kappa shape index (κ3) is 4.61. The van der Waals surface area contributed by atoms with Gasteiger partial charge in [0, 0.05) is 25.2 Å². The van der Waals surface area contributed by atoms with Gasteiger partial charge in [-0.1, -0.05) is 6.42 Å². The van der Waals surface area contributed by atoms with Crippen LogP contribution in [0.5, 0.6) is 5.75 Å². The second-order valence-electron chi connectivity index (χ2n) is 7.99. The number of morpholine rings is 1. The van der Waals surface area contributed by atoms with Crippen LogP contribution < -0.4 is 10.1 Å². The van der Waals surface area contributed by atoms with E-state index in [1.807, 2.05) is 12.1 Å². The van der Waals surface area contributed by atoms with Crippen LogP contribution in [0.25, 0.3) is 0 Å². The molecule has 2 bridgehead atoms. The van der Waals surface area contributed by atoms with Crippen LogP contribution in [0.4, 0.5) is 5.69 Å². The molecule has 1 aliphatic heterocycles. The predicted octanol–water partition coefficient (Wildman–Crippen LogP) is 2.69. The molecule has 2 amide bonds. The molecule has 1 heterocycles. The molecule has 0 spiro atoms. The number of carbonyl (C=O) groups is 2. The van der Waals surface area contributed by atoms with Gasteiger partial charge in [0.25, 0.3) is 5.91 Å². The zero-order valence-electron chi connectivity index (χ0n) is 15.7. The van der Waals surface area contributed by atoms with Crippen LogP contribution in [-0.2, 0) is 14.3 Å². The lowest BCUT2D eigenvalue weighted by Gasteiger charge is -2.26. The highest BCUT2D eigenvalue weighted by molar-refractivity contribution is 5.91. The van der Waals surface area contributed by atoms with Crippen LogP contribution in [0.3, 0.4) is 0 Å². The molecular formula is C21H28N2O4. The number of hydrogen-bond donors (Lipinski definition) is 1. The summed E-state index contributed by atoms with van der Waals surface area (Å²) in [6, 6.07) is 7.24. The number of fused-ring (bicyclic) bond motifs is 2. The van der Waals surface area contributed by atoms with E-state index in [0.29, 0.717) is 44.4 Å². The summed E-state index contributed by atoms with van der Waals surface area (Å²) in [5, 5.41) is 2.99. The van der Waals surface area contributed by atoms with Crippen LogP contribution >= 0.6 is 0 Å². The number of rotatable bonds is 6. The molecule has 1 aromatic rings. The molecule has 6 heteroatoms. The van der Waals surface area contributed by atoms with E-state index < -0.39 is 0 Å². The first kappa shape index (κ1) is 18.3. The maximum Gasteiger partial charge on any atom is 0.260 e. The SMILES string of the molecule is O=C(C[C@H]1C[C@@H]2CC[C@@H]1C2)Nc1ccc(OCC(=O)N2CCOCC2)cc1. The number of carbonyl (C=O) groups excluding carboxylic acids is 2. The average Bonchev–Trinajstić information content (AvgIpc) is 3.31. The second kappa shape index (κ2) is 8.30. The van der Waals surface area contributed by atoms with Gasteiger partial charge in [-0.15, -0.1) is 0 Å². The van der Waals surface area contributed by atoms with Gasteiger partial charge < -0.3 is 19.7 Å². The lowest BCUT2D eigenvalue weighted by molar-refractivity contribution is -0.137. The minimum Gasteiger partial charge on any atom is -0.484 e. The van der Waals surface area contributed by atoms with Gasteiger partial charge >= 0.3 is 0 Å². The van der Waals surface area contributed by atoms with Crippen LogP contribution in [-0.4, -0.2) is 49.6 Å². The number of nitrogens with one attached hydrogen (secondary N) is 1. The summed E-state index contributed by atoms with van der Waals surface area (Å²) in [4.78, 5) is 26.2. The Morgan fingerprint density at radius 3 is 2.56 bits per heavy atom. The van der Waals surface area contributed by atoms with Crippen molar-refractivity contribution in [1.82, 2.24) is 4.90 Å². The minimum atomic E-state index is -0.0264. The van der Waals surface area contributed by atoms with Gasteiger partial charge in [-0.05, 0) is 61.3 Å². The van der Waals surface area contributed by atoms with E-state index in [-0.39, 0.29) is 18.4 Å². The van der Waals surface area contributed by atoms with Crippen molar-refractivity contribution >= 4 is 17.5 Å². The van der Waals surface area contributed by atoms with Gasteiger partial charge in [-0.25, -0.2) is 0 Å². The smallest absolute Gasteiger partial charge is 0.260 e. The average molecular weight is 372 g/mol. The third-order valence-electron chi connectivity index (χ3n) is 6.20. The van der Waals surface area contributed by atoms with Crippen molar-refractivity contribution in [3.05, 3.63) is 24.3 Å². The van der Waals surface area contributed by atoms with Gasteiger partial charge in [-0.3, -0.25) is 9.59 Å². The molecular weight excluding hydrogens is 344 g/mol. The van der Waals surface area contributed by atoms with Crippen molar-refractivity contribution in [3.63, 3.8) is 0 Å². The first-order valence-corrected chi connectivity index (χ1v) is 10.1. The monoisotopic (exact) mass is 372 g/mol. The maximum atomic E-state index is 12.3. The van der Waals surface area contributed by atoms with Crippen molar-refractivity contribution in [2.75, 3.05) is 38.2 Å². The van der Waals surface area contributed by atoms with E-state index in [1.165, 1.54) is 25.7 Å². The van der Waals surface area contributed by atoms with Crippen LogP contribution in [0.15, 0.2) is 24.3 Å². The normalized spacial score (nSPS) is 26.8. The summed E-state index contributed by atoms with van der Waals surface area (Å²) in [6.45, 7) is 2.44. The Bertz CT molecular complexity index is 669. The molecule has 6 nitrogen and oxygen atoms in total. The molecule has 3 fully saturated rings. The van der Waals surface area contributed by atoms with Crippen molar-refractivity contribution in [3.8, 4) is 5.75 Å². The Morgan fingerprint density at radius 2 is 1.89 bits per heavy atom. The molecule has 1 aromatic carbocycles. The number of hydrogen-bond acceptors (Lipinski definition) is 4. The molecule has 2 saturated carbocycles. The van der Waals surface area contributed by atoms with E-state index in [0.717, 1.165) is 17.5 Å².